The number of aliphatic hydroxyl groups excluding tert-OH is 2. The van der Waals surface area contributed by atoms with Gasteiger partial charge in [0, 0.05) is 0 Å². The molecule has 0 saturated heterocycles. The van der Waals surface area contributed by atoms with Crippen molar-refractivity contribution >= 4 is 0 Å². The van der Waals surface area contributed by atoms with Gasteiger partial charge >= 0.3 is 0 Å². The minimum absolute atomic E-state index is 0.117. The van der Waals surface area contributed by atoms with Crippen LogP contribution in [0.3, 0.4) is 0 Å². The zero-order chi connectivity index (χ0) is 15.8. The van der Waals surface area contributed by atoms with E-state index < -0.39 is 0 Å². The summed E-state index contributed by atoms with van der Waals surface area (Å²) in [5.74, 6) is 0. The van der Waals surface area contributed by atoms with Crippen LogP contribution < -0.4 is 0 Å². The molecule has 0 aromatic carbocycles. The highest BCUT2D eigenvalue weighted by atomic mass is 16.3. The van der Waals surface area contributed by atoms with Gasteiger partial charge in [-0.2, -0.15) is 0 Å². The predicted molar refractivity (Wildman–Crippen MR) is 92.6 cm³/mol. The molecule has 2 nitrogen and oxygen atoms in total. The summed E-state index contributed by atoms with van der Waals surface area (Å²) in [6, 6.07) is 0. The molecule has 0 fully saturated rings. The van der Waals surface area contributed by atoms with Crippen molar-refractivity contribution in [2.24, 2.45) is 0 Å². The summed E-state index contributed by atoms with van der Waals surface area (Å²) in [5.41, 5.74) is 0. The minimum atomic E-state index is -0.118. The largest absolute Gasteiger partial charge is 0.393 e. The van der Waals surface area contributed by atoms with Gasteiger partial charge in [-0.3, -0.25) is 0 Å². The van der Waals surface area contributed by atoms with Crippen LogP contribution in [-0.2, 0) is 0 Å². The fourth-order valence-electron chi connectivity index (χ4n) is 2.84. The quantitative estimate of drug-likeness (QED) is 0.364. The van der Waals surface area contributed by atoms with Crippen LogP contribution in [0.1, 0.15) is 110 Å². The monoisotopic (exact) mass is 300 g/mol. The molecule has 0 heterocycles. The van der Waals surface area contributed by atoms with Gasteiger partial charge in [0.15, 0.2) is 0 Å². The molecule has 2 atom stereocenters. The first-order chi connectivity index (χ1) is 10.2. The molecule has 0 aliphatic rings. The van der Waals surface area contributed by atoms with E-state index in [4.69, 9.17) is 0 Å². The van der Waals surface area contributed by atoms with Crippen LogP contribution in [0.25, 0.3) is 0 Å². The Bertz CT molecular complexity index is 194. The SMILES string of the molecule is CCCCCCCCC(O)CCCCC(O)CCCCC. The molecule has 0 bridgehead atoms. The van der Waals surface area contributed by atoms with Gasteiger partial charge in [-0.15, -0.1) is 0 Å². The van der Waals surface area contributed by atoms with Gasteiger partial charge in [-0.1, -0.05) is 84.5 Å². The third-order valence-electron chi connectivity index (χ3n) is 4.36. The molecule has 0 radical (unpaired) electrons. The standard InChI is InChI=1S/C19H40O2/c1-3-5-7-8-9-11-15-19(21)17-13-12-16-18(20)14-10-6-4-2/h18-21H,3-17H2,1-2H3. The summed E-state index contributed by atoms with van der Waals surface area (Å²) in [7, 11) is 0. The lowest BCUT2D eigenvalue weighted by atomic mass is 10.0. The highest BCUT2D eigenvalue weighted by Gasteiger charge is 2.06. The first kappa shape index (κ1) is 20.9. The summed E-state index contributed by atoms with van der Waals surface area (Å²) in [5, 5.41) is 19.8. The molecule has 0 aromatic rings. The molecule has 0 rings (SSSR count). The Hall–Kier alpha value is -0.0800. The Balaban J connectivity index is 3.27. The van der Waals surface area contributed by atoms with Crippen molar-refractivity contribution in [1.29, 1.82) is 0 Å². The van der Waals surface area contributed by atoms with E-state index in [1.165, 1.54) is 51.4 Å². The van der Waals surface area contributed by atoms with Crippen molar-refractivity contribution in [3.8, 4) is 0 Å². The molecule has 2 N–H and O–H groups in total. The molecule has 0 aliphatic heterocycles. The Morgan fingerprint density at radius 1 is 0.476 bits per heavy atom. The van der Waals surface area contributed by atoms with Gasteiger partial charge < -0.3 is 10.2 Å². The van der Waals surface area contributed by atoms with Crippen molar-refractivity contribution in [3.05, 3.63) is 0 Å². The lowest BCUT2D eigenvalue weighted by molar-refractivity contribution is 0.132. The maximum atomic E-state index is 9.93. The summed E-state index contributed by atoms with van der Waals surface area (Å²) in [6.45, 7) is 4.43. The third kappa shape index (κ3) is 16.1. The molecule has 0 aromatic heterocycles. The van der Waals surface area contributed by atoms with E-state index in [0.717, 1.165) is 44.9 Å². The highest BCUT2D eigenvalue weighted by Crippen LogP contribution is 2.14. The van der Waals surface area contributed by atoms with Crippen LogP contribution in [0.15, 0.2) is 0 Å². The van der Waals surface area contributed by atoms with Gasteiger partial charge in [0.05, 0.1) is 12.2 Å². The molecule has 128 valence electrons. The summed E-state index contributed by atoms with van der Waals surface area (Å²) < 4.78 is 0. The van der Waals surface area contributed by atoms with Crippen molar-refractivity contribution in [2.75, 3.05) is 0 Å². The molecule has 2 unspecified atom stereocenters. The summed E-state index contributed by atoms with van der Waals surface area (Å²) >= 11 is 0. The fraction of sp³-hybridized carbons (Fsp3) is 1.00. The van der Waals surface area contributed by atoms with Gasteiger partial charge in [-0.25, -0.2) is 0 Å². The third-order valence-corrected chi connectivity index (χ3v) is 4.36. The number of hydrogen-bond donors (Lipinski definition) is 2. The molecular formula is C19H40O2. The number of aliphatic hydroxyl groups is 2. The average Bonchev–Trinajstić information content (AvgIpc) is 2.47. The topological polar surface area (TPSA) is 40.5 Å². The fourth-order valence-corrected chi connectivity index (χ4v) is 2.84. The summed E-state index contributed by atoms with van der Waals surface area (Å²) in [4.78, 5) is 0. The normalized spacial score (nSPS) is 14.3. The van der Waals surface area contributed by atoms with Gasteiger partial charge in [-0.05, 0) is 25.7 Å². The number of unbranched alkanes of at least 4 members (excludes halogenated alkanes) is 8. The van der Waals surface area contributed by atoms with Gasteiger partial charge in [0.1, 0.15) is 0 Å². The first-order valence-corrected chi connectivity index (χ1v) is 9.56. The van der Waals surface area contributed by atoms with Crippen LogP contribution in [0.4, 0.5) is 0 Å². The summed E-state index contributed by atoms with van der Waals surface area (Å²) in [6.07, 6.45) is 17.0. The van der Waals surface area contributed by atoms with Crippen LogP contribution >= 0.6 is 0 Å². The van der Waals surface area contributed by atoms with E-state index in [1.807, 2.05) is 0 Å². The predicted octanol–water partition coefficient (Wildman–Crippen LogP) is 5.60. The van der Waals surface area contributed by atoms with Crippen molar-refractivity contribution < 1.29 is 10.2 Å². The second-order valence-electron chi connectivity index (χ2n) is 6.64. The van der Waals surface area contributed by atoms with Crippen LogP contribution in [0.5, 0.6) is 0 Å². The van der Waals surface area contributed by atoms with Crippen LogP contribution in [0, 0.1) is 0 Å². The maximum Gasteiger partial charge on any atom is 0.0540 e. The van der Waals surface area contributed by atoms with Crippen LogP contribution in [-0.4, -0.2) is 22.4 Å². The Morgan fingerprint density at radius 3 is 1.24 bits per heavy atom. The average molecular weight is 301 g/mol. The lowest BCUT2D eigenvalue weighted by Crippen LogP contribution is -2.09. The zero-order valence-corrected chi connectivity index (χ0v) is 14.7. The lowest BCUT2D eigenvalue weighted by Gasteiger charge is -2.12. The number of rotatable bonds is 16. The zero-order valence-electron chi connectivity index (χ0n) is 14.7. The van der Waals surface area contributed by atoms with E-state index >= 15 is 0 Å². The first-order valence-electron chi connectivity index (χ1n) is 9.56. The van der Waals surface area contributed by atoms with Crippen molar-refractivity contribution in [3.63, 3.8) is 0 Å². The molecule has 0 spiro atoms. The molecule has 0 amide bonds. The minimum Gasteiger partial charge on any atom is -0.393 e. The van der Waals surface area contributed by atoms with Gasteiger partial charge in [0.2, 0.25) is 0 Å². The van der Waals surface area contributed by atoms with Crippen LogP contribution in [0.2, 0.25) is 0 Å². The highest BCUT2D eigenvalue weighted by molar-refractivity contribution is 4.60. The van der Waals surface area contributed by atoms with Crippen molar-refractivity contribution in [1.82, 2.24) is 0 Å². The van der Waals surface area contributed by atoms with Gasteiger partial charge in [0.25, 0.3) is 0 Å². The molecule has 21 heavy (non-hydrogen) atoms. The second kappa shape index (κ2) is 16.3. The second-order valence-corrected chi connectivity index (χ2v) is 6.64. The maximum absolute atomic E-state index is 9.93. The van der Waals surface area contributed by atoms with E-state index in [9.17, 15) is 10.2 Å². The van der Waals surface area contributed by atoms with E-state index in [1.54, 1.807) is 0 Å². The Labute approximate surface area is 133 Å². The van der Waals surface area contributed by atoms with E-state index in [2.05, 4.69) is 13.8 Å². The van der Waals surface area contributed by atoms with E-state index in [-0.39, 0.29) is 12.2 Å². The number of hydrogen-bond acceptors (Lipinski definition) is 2. The Morgan fingerprint density at radius 2 is 0.762 bits per heavy atom. The molecule has 0 aliphatic carbocycles. The molecule has 2 heteroatoms. The van der Waals surface area contributed by atoms with E-state index in [0.29, 0.717) is 0 Å². The molecular weight excluding hydrogens is 260 g/mol. The Kier molecular flexibility index (Phi) is 16.2. The molecule has 0 saturated carbocycles. The van der Waals surface area contributed by atoms with Crippen molar-refractivity contribution in [2.45, 2.75) is 122 Å². The smallest absolute Gasteiger partial charge is 0.0540 e.